The van der Waals surface area contributed by atoms with Crippen LogP contribution in [0.15, 0.2) is 33.9 Å². The van der Waals surface area contributed by atoms with Crippen molar-refractivity contribution in [3.05, 3.63) is 35.9 Å². The van der Waals surface area contributed by atoms with Crippen molar-refractivity contribution in [2.75, 3.05) is 0 Å². The van der Waals surface area contributed by atoms with Crippen molar-refractivity contribution >= 4 is 28.8 Å². The number of oxazole rings is 1. The lowest BCUT2D eigenvalue weighted by molar-refractivity contribution is -0.120. The predicted octanol–water partition coefficient (Wildman–Crippen LogP) is 2.55. The van der Waals surface area contributed by atoms with Crippen LogP contribution in [0, 0.1) is 0 Å². The largest absolute Gasteiger partial charge is 0.431 e. The van der Waals surface area contributed by atoms with Crippen LogP contribution in [0.4, 0.5) is 0 Å². The number of hydrogen-bond donors (Lipinski definition) is 1. The van der Waals surface area contributed by atoms with Gasteiger partial charge in [0.2, 0.25) is 5.91 Å². The van der Waals surface area contributed by atoms with Crippen LogP contribution in [0.1, 0.15) is 31.4 Å². The van der Waals surface area contributed by atoms with E-state index in [2.05, 4.69) is 25.1 Å². The number of nitrogens with one attached hydrogen (secondary N) is 1. The summed E-state index contributed by atoms with van der Waals surface area (Å²) in [5.41, 5.74) is 1.54. The van der Waals surface area contributed by atoms with Gasteiger partial charge in [-0.15, -0.1) is 10.2 Å². The summed E-state index contributed by atoms with van der Waals surface area (Å²) in [7, 11) is 0. The summed E-state index contributed by atoms with van der Waals surface area (Å²) in [6.07, 6.45) is 2.75. The number of nitrogens with zero attached hydrogens (tertiary/aromatic N) is 4. The summed E-state index contributed by atoms with van der Waals surface area (Å²) in [6, 6.07) is 7.60. The fourth-order valence-electron chi connectivity index (χ4n) is 2.97. The van der Waals surface area contributed by atoms with Gasteiger partial charge in [0.1, 0.15) is 11.3 Å². The van der Waals surface area contributed by atoms with Gasteiger partial charge < -0.3 is 14.3 Å². The molecule has 7 nitrogen and oxygen atoms in total. The van der Waals surface area contributed by atoms with E-state index in [0.717, 1.165) is 42.1 Å². The molecule has 130 valence electrons. The van der Waals surface area contributed by atoms with Crippen molar-refractivity contribution in [3.63, 3.8) is 0 Å². The van der Waals surface area contributed by atoms with Crippen LogP contribution in [0.3, 0.4) is 0 Å². The van der Waals surface area contributed by atoms with E-state index in [1.807, 2.05) is 31.2 Å². The first kappa shape index (κ1) is 16.1. The molecule has 4 rings (SSSR count). The zero-order chi connectivity index (χ0) is 17.2. The highest BCUT2D eigenvalue weighted by Crippen LogP contribution is 2.28. The monoisotopic (exact) mass is 357 g/mol. The van der Waals surface area contributed by atoms with Gasteiger partial charge in [-0.1, -0.05) is 30.8 Å². The molecule has 1 aliphatic rings. The van der Waals surface area contributed by atoms with Crippen LogP contribution in [0.2, 0.25) is 0 Å². The predicted molar refractivity (Wildman–Crippen MR) is 94.1 cm³/mol. The van der Waals surface area contributed by atoms with Gasteiger partial charge in [0, 0.05) is 13.0 Å². The number of aryl methyl sites for hydroxylation is 1. The molecular formula is C17H19N5O2S. The minimum absolute atomic E-state index is 0.0369. The molecule has 0 radical (unpaired) electrons. The standard InChI is InChI=1S/C17H19N5O2S/c1-2-13(25-17-19-11-6-3-4-7-12(11)24-17)16(23)18-10-15-21-20-14-8-5-9-22(14)15/h3-4,6-7,13H,2,5,8-10H2,1H3,(H,18,23)/t13-/m0/s1. The highest BCUT2D eigenvalue weighted by molar-refractivity contribution is 8.00. The maximum Gasteiger partial charge on any atom is 0.257 e. The lowest BCUT2D eigenvalue weighted by Gasteiger charge is -2.12. The first-order valence-electron chi connectivity index (χ1n) is 8.45. The number of fused-ring (bicyclic) bond motifs is 2. The number of amides is 1. The topological polar surface area (TPSA) is 85.8 Å². The molecule has 0 unspecified atom stereocenters. The molecule has 1 aliphatic heterocycles. The minimum atomic E-state index is -0.256. The van der Waals surface area contributed by atoms with Crippen LogP contribution in [0.5, 0.6) is 0 Å². The normalized spacial score (nSPS) is 14.6. The van der Waals surface area contributed by atoms with Crippen molar-refractivity contribution in [2.24, 2.45) is 0 Å². The van der Waals surface area contributed by atoms with E-state index in [0.29, 0.717) is 18.2 Å². The molecule has 0 spiro atoms. The molecule has 0 aliphatic carbocycles. The maximum atomic E-state index is 12.5. The fraction of sp³-hybridized carbons (Fsp3) is 0.412. The number of benzene rings is 1. The van der Waals surface area contributed by atoms with Crippen LogP contribution >= 0.6 is 11.8 Å². The van der Waals surface area contributed by atoms with Gasteiger partial charge in [-0.3, -0.25) is 4.79 Å². The Bertz CT molecular complexity index is 870. The molecule has 1 atom stereocenters. The van der Waals surface area contributed by atoms with Gasteiger partial charge in [-0.05, 0) is 25.0 Å². The smallest absolute Gasteiger partial charge is 0.257 e. The highest BCUT2D eigenvalue weighted by atomic mass is 32.2. The summed E-state index contributed by atoms with van der Waals surface area (Å²) >= 11 is 1.35. The zero-order valence-corrected chi connectivity index (χ0v) is 14.8. The van der Waals surface area contributed by atoms with Gasteiger partial charge in [-0.25, -0.2) is 4.98 Å². The van der Waals surface area contributed by atoms with Crippen molar-refractivity contribution in [1.82, 2.24) is 25.1 Å². The van der Waals surface area contributed by atoms with Gasteiger partial charge in [0.25, 0.3) is 5.22 Å². The van der Waals surface area contributed by atoms with Crippen LogP contribution in [0.25, 0.3) is 11.1 Å². The molecule has 1 aromatic carbocycles. The zero-order valence-electron chi connectivity index (χ0n) is 13.9. The average molecular weight is 357 g/mol. The Morgan fingerprint density at radius 3 is 3.12 bits per heavy atom. The Balaban J connectivity index is 1.40. The quantitative estimate of drug-likeness (QED) is 0.682. The molecule has 0 saturated heterocycles. The molecule has 8 heteroatoms. The number of rotatable bonds is 6. The Morgan fingerprint density at radius 1 is 1.40 bits per heavy atom. The number of carbonyl (C=O) groups excluding carboxylic acids is 1. The van der Waals surface area contributed by atoms with E-state index < -0.39 is 0 Å². The molecule has 1 N–H and O–H groups in total. The molecule has 3 heterocycles. The van der Waals surface area contributed by atoms with E-state index in [1.54, 1.807) is 0 Å². The Morgan fingerprint density at radius 2 is 2.28 bits per heavy atom. The number of carbonyl (C=O) groups is 1. The SMILES string of the molecule is CC[C@H](Sc1nc2ccccc2o1)C(=O)NCc1nnc2n1CCC2. The van der Waals surface area contributed by atoms with E-state index in [1.165, 1.54) is 11.8 Å². The van der Waals surface area contributed by atoms with Gasteiger partial charge in [0.15, 0.2) is 11.4 Å². The van der Waals surface area contributed by atoms with E-state index in [9.17, 15) is 4.79 Å². The van der Waals surface area contributed by atoms with Crippen LogP contribution in [-0.2, 0) is 24.3 Å². The summed E-state index contributed by atoms with van der Waals surface area (Å²) in [6.45, 7) is 3.31. The molecule has 25 heavy (non-hydrogen) atoms. The van der Waals surface area contributed by atoms with E-state index >= 15 is 0 Å². The van der Waals surface area contributed by atoms with E-state index in [-0.39, 0.29) is 11.2 Å². The van der Waals surface area contributed by atoms with Crippen LogP contribution in [-0.4, -0.2) is 30.9 Å². The molecular weight excluding hydrogens is 338 g/mol. The molecule has 0 bridgehead atoms. The minimum Gasteiger partial charge on any atom is -0.431 e. The summed E-state index contributed by atoms with van der Waals surface area (Å²) in [5.74, 6) is 1.80. The third-order valence-corrected chi connectivity index (χ3v) is 5.50. The fourth-order valence-corrected chi connectivity index (χ4v) is 3.86. The van der Waals surface area contributed by atoms with Crippen LogP contribution < -0.4 is 5.32 Å². The third-order valence-electron chi connectivity index (χ3n) is 4.29. The van der Waals surface area contributed by atoms with Gasteiger partial charge in [-0.2, -0.15) is 0 Å². The van der Waals surface area contributed by atoms with Crippen molar-refractivity contribution in [1.29, 1.82) is 0 Å². The van der Waals surface area contributed by atoms with Gasteiger partial charge >= 0.3 is 0 Å². The molecule has 0 fully saturated rings. The maximum absolute atomic E-state index is 12.5. The van der Waals surface area contributed by atoms with Gasteiger partial charge in [0.05, 0.1) is 11.8 Å². The lowest BCUT2D eigenvalue weighted by atomic mass is 10.3. The first-order chi connectivity index (χ1) is 12.2. The lowest BCUT2D eigenvalue weighted by Crippen LogP contribution is -2.32. The molecule has 3 aromatic rings. The summed E-state index contributed by atoms with van der Waals surface area (Å²) < 4.78 is 7.80. The first-order valence-corrected chi connectivity index (χ1v) is 9.33. The second-order valence-corrected chi connectivity index (χ2v) is 7.12. The Labute approximate surface area is 149 Å². The van der Waals surface area contributed by atoms with E-state index in [4.69, 9.17) is 4.42 Å². The second-order valence-electron chi connectivity index (χ2n) is 5.97. The molecule has 2 aromatic heterocycles. The van der Waals surface area contributed by atoms with Crippen molar-refractivity contribution in [3.8, 4) is 0 Å². The van der Waals surface area contributed by atoms with Crippen molar-refractivity contribution in [2.45, 2.75) is 49.7 Å². The number of hydrogen-bond acceptors (Lipinski definition) is 6. The van der Waals surface area contributed by atoms with Crippen molar-refractivity contribution < 1.29 is 9.21 Å². The molecule has 0 saturated carbocycles. The summed E-state index contributed by atoms with van der Waals surface area (Å²) in [4.78, 5) is 17.0. The third kappa shape index (κ3) is 3.26. The number of para-hydroxylation sites is 2. The highest BCUT2D eigenvalue weighted by Gasteiger charge is 2.22. The Kier molecular flexibility index (Phi) is 4.44. The summed E-state index contributed by atoms with van der Waals surface area (Å²) in [5, 5.41) is 11.6. The number of thioether (sulfide) groups is 1. The molecule has 1 amide bonds. The second kappa shape index (κ2) is 6.87. The Hall–Kier alpha value is -2.35. The number of aromatic nitrogens is 4. The average Bonchev–Trinajstić information content (AvgIpc) is 3.32.